The zero-order chi connectivity index (χ0) is 10.0. The summed E-state index contributed by atoms with van der Waals surface area (Å²) in [7, 11) is 2.12. The average molecular weight is 185 g/mol. The number of nitrogens with zero attached hydrogens (tertiary/aromatic N) is 1. The lowest BCUT2D eigenvalue weighted by molar-refractivity contribution is -0.137. The van der Waals surface area contributed by atoms with Crippen molar-refractivity contribution >= 4 is 5.97 Å². The maximum absolute atomic E-state index is 10.4. The van der Waals surface area contributed by atoms with E-state index in [2.05, 4.69) is 25.8 Å². The number of carboxylic acids is 1. The van der Waals surface area contributed by atoms with Crippen LogP contribution in [0.3, 0.4) is 0 Å². The maximum Gasteiger partial charge on any atom is 0.303 e. The molecule has 0 bridgehead atoms. The van der Waals surface area contributed by atoms with Crippen LogP contribution < -0.4 is 0 Å². The summed E-state index contributed by atoms with van der Waals surface area (Å²) in [5, 5.41) is 8.58. The first-order chi connectivity index (χ1) is 6.02. The highest BCUT2D eigenvalue weighted by atomic mass is 16.4. The maximum atomic E-state index is 10.4. The van der Waals surface area contributed by atoms with Gasteiger partial charge in [-0.25, -0.2) is 0 Å². The summed E-state index contributed by atoms with van der Waals surface area (Å²) >= 11 is 0. The molecule has 0 radical (unpaired) electrons. The van der Waals surface area contributed by atoms with Gasteiger partial charge >= 0.3 is 5.97 Å². The Hall–Kier alpha value is -0.570. The molecule has 1 rings (SSSR count). The van der Waals surface area contributed by atoms with E-state index in [4.69, 9.17) is 5.11 Å². The molecule has 3 unspecified atom stereocenters. The number of carboxylic acid groups (broad SMARTS) is 1. The van der Waals surface area contributed by atoms with E-state index in [0.29, 0.717) is 24.4 Å². The fourth-order valence-electron chi connectivity index (χ4n) is 2.20. The van der Waals surface area contributed by atoms with E-state index in [9.17, 15) is 4.79 Å². The van der Waals surface area contributed by atoms with Gasteiger partial charge in [-0.15, -0.1) is 0 Å². The minimum absolute atomic E-state index is 0.315. The van der Waals surface area contributed by atoms with Gasteiger partial charge in [0.2, 0.25) is 0 Å². The van der Waals surface area contributed by atoms with E-state index in [1.54, 1.807) is 0 Å². The van der Waals surface area contributed by atoms with E-state index in [1.165, 1.54) is 0 Å². The van der Waals surface area contributed by atoms with Gasteiger partial charge < -0.3 is 10.0 Å². The number of carbonyl (C=O) groups is 1. The molecule has 0 aromatic heterocycles. The Morgan fingerprint density at radius 3 is 2.54 bits per heavy atom. The zero-order valence-corrected chi connectivity index (χ0v) is 8.66. The molecule has 1 aliphatic rings. The molecule has 76 valence electrons. The number of aliphatic carboxylic acids is 1. The van der Waals surface area contributed by atoms with Crippen molar-refractivity contribution in [3.63, 3.8) is 0 Å². The van der Waals surface area contributed by atoms with Crippen molar-refractivity contribution in [2.75, 3.05) is 7.05 Å². The number of hydrogen-bond acceptors (Lipinski definition) is 2. The number of rotatable bonds is 3. The minimum atomic E-state index is -0.672. The van der Waals surface area contributed by atoms with Gasteiger partial charge in [0.05, 0.1) is 0 Å². The monoisotopic (exact) mass is 185 g/mol. The number of likely N-dealkylation sites (tertiary alicyclic amines) is 1. The van der Waals surface area contributed by atoms with Crippen LogP contribution in [0.4, 0.5) is 0 Å². The Bertz CT molecular complexity index is 193. The number of hydrogen-bond donors (Lipinski definition) is 1. The molecule has 1 aliphatic heterocycles. The summed E-state index contributed by atoms with van der Waals surface area (Å²) < 4.78 is 0. The normalized spacial score (nSPS) is 35.2. The molecule has 0 aromatic carbocycles. The lowest BCUT2D eigenvalue weighted by atomic mass is 9.95. The Kier molecular flexibility index (Phi) is 3.31. The van der Waals surface area contributed by atoms with Crippen molar-refractivity contribution < 1.29 is 9.90 Å². The van der Waals surface area contributed by atoms with E-state index < -0.39 is 5.97 Å². The van der Waals surface area contributed by atoms with Crippen LogP contribution in [0, 0.1) is 5.92 Å². The Labute approximate surface area is 79.7 Å². The molecule has 1 N–H and O–H groups in total. The topological polar surface area (TPSA) is 40.5 Å². The summed E-state index contributed by atoms with van der Waals surface area (Å²) in [6, 6.07) is 1.14. The Balaban J connectivity index is 2.40. The van der Waals surface area contributed by atoms with Crippen LogP contribution in [0.1, 0.15) is 33.1 Å². The van der Waals surface area contributed by atoms with Crippen LogP contribution >= 0.6 is 0 Å². The van der Waals surface area contributed by atoms with Gasteiger partial charge in [0, 0.05) is 18.5 Å². The second-order valence-corrected chi connectivity index (χ2v) is 4.18. The largest absolute Gasteiger partial charge is 0.481 e. The van der Waals surface area contributed by atoms with Crippen molar-refractivity contribution in [1.82, 2.24) is 4.90 Å². The molecule has 1 fully saturated rings. The molecule has 0 spiro atoms. The third kappa shape index (κ3) is 2.44. The van der Waals surface area contributed by atoms with Crippen molar-refractivity contribution in [2.24, 2.45) is 5.92 Å². The SMILES string of the molecule is CC1CC(CCC(=O)O)C(C)N1C. The van der Waals surface area contributed by atoms with Gasteiger partial charge in [-0.3, -0.25) is 4.79 Å². The van der Waals surface area contributed by atoms with Crippen molar-refractivity contribution in [3.8, 4) is 0 Å². The van der Waals surface area contributed by atoms with Gasteiger partial charge in [-0.05, 0) is 39.7 Å². The minimum Gasteiger partial charge on any atom is -0.481 e. The molecule has 0 aliphatic carbocycles. The van der Waals surface area contributed by atoms with Crippen molar-refractivity contribution in [2.45, 2.75) is 45.2 Å². The molecule has 1 heterocycles. The van der Waals surface area contributed by atoms with Gasteiger partial charge in [0.15, 0.2) is 0 Å². The fraction of sp³-hybridized carbons (Fsp3) is 0.900. The second-order valence-electron chi connectivity index (χ2n) is 4.18. The van der Waals surface area contributed by atoms with Crippen LogP contribution in [-0.4, -0.2) is 35.1 Å². The first kappa shape index (κ1) is 10.5. The predicted octanol–water partition coefficient (Wildman–Crippen LogP) is 1.58. The molecule has 3 atom stereocenters. The lowest BCUT2D eigenvalue weighted by Gasteiger charge is -2.21. The summed E-state index contributed by atoms with van der Waals surface area (Å²) in [5.74, 6) is -0.106. The van der Waals surface area contributed by atoms with Gasteiger partial charge in [0.1, 0.15) is 0 Å². The molecular weight excluding hydrogens is 166 g/mol. The van der Waals surface area contributed by atoms with Gasteiger partial charge in [0.25, 0.3) is 0 Å². The van der Waals surface area contributed by atoms with Crippen LogP contribution in [-0.2, 0) is 4.79 Å². The quantitative estimate of drug-likeness (QED) is 0.725. The Morgan fingerprint density at radius 2 is 2.15 bits per heavy atom. The highest BCUT2D eigenvalue weighted by Crippen LogP contribution is 2.31. The van der Waals surface area contributed by atoms with Crippen molar-refractivity contribution in [1.29, 1.82) is 0 Å². The summed E-state index contributed by atoms with van der Waals surface area (Å²) in [6.07, 6.45) is 2.28. The van der Waals surface area contributed by atoms with E-state index in [1.807, 2.05) is 0 Å². The lowest BCUT2D eigenvalue weighted by Crippen LogP contribution is -2.30. The van der Waals surface area contributed by atoms with E-state index in [0.717, 1.165) is 12.8 Å². The highest BCUT2D eigenvalue weighted by Gasteiger charge is 2.33. The fourth-order valence-corrected chi connectivity index (χ4v) is 2.20. The Morgan fingerprint density at radius 1 is 1.54 bits per heavy atom. The first-order valence-electron chi connectivity index (χ1n) is 4.96. The third-order valence-electron chi connectivity index (χ3n) is 3.39. The smallest absolute Gasteiger partial charge is 0.303 e. The first-order valence-corrected chi connectivity index (χ1v) is 4.96. The van der Waals surface area contributed by atoms with Crippen LogP contribution in [0.5, 0.6) is 0 Å². The molecule has 3 nitrogen and oxygen atoms in total. The predicted molar refractivity (Wildman–Crippen MR) is 51.7 cm³/mol. The van der Waals surface area contributed by atoms with E-state index in [-0.39, 0.29) is 0 Å². The molecular formula is C10H19NO2. The molecule has 1 saturated heterocycles. The molecule has 0 saturated carbocycles. The molecule has 13 heavy (non-hydrogen) atoms. The van der Waals surface area contributed by atoms with Crippen LogP contribution in [0.2, 0.25) is 0 Å². The van der Waals surface area contributed by atoms with Crippen LogP contribution in [0.15, 0.2) is 0 Å². The molecule has 0 aromatic rings. The highest BCUT2D eigenvalue weighted by molar-refractivity contribution is 5.66. The van der Waals surface area contributed by atoms with E-state index >= 15 is 0 Å². The standard InChI is InChI=1S/C10H19NO2/c1-7-6-9(4-5-10(12)13)8(2)11(7)3/h7-9H,4-6H2,1-3H3,(H,12,13). The van der Waals surface area contributed by atoms with Gasteiger partial charge in [-0.1, -0.05) is 0 Å². The molecule has 3 heteroatoms. The third-order valence-corrected chi connectivity index (χ3v) is 3.39. The summed E-state index contributed by atoms with van der Waals surface area (Å²) in [4.78, 5) is 12.8. The average Bonchev–Trinajstić information content (AvgIpc) is 2.29. The van der Waals surface area contributed by atoms with Crippen molar-refractivity contribution in [3.05, 3.63) is 0 Å². The zero-order valence-electron chi connectivity index (χ0n) is 8.66. The second kappa shape index (κ2) is 4.09. The summed E-state index contributed by atoms with van der Waals surface area (Å²) in [5.41, 5.74) is 0. The molecule has 0 amide bonds. The summed E-state index contributed by atoms with van der Waals surface area (Å²) in [6.45, 7) is 4.40. The van der Waals surface area contributed by atoms with Gasteiger partial charge in [-0.2, -0.15) is 0 Å². The van der Waals surface area contributed by atoms with Crippen LogP contribution in [0.25, 0.3) is 0 Å².